The predicted molar refractivity (Wildman–Crippen MR) is 79.0 cm³/mol. The molecule has 0 aromatic heterocycles. The summed E-state index contributed by atoms with van der Waals surface area (Å²) in [6.07, 6.45) is 7.28. The van der Waals surface area contributed by atoms with Gasteiger partial charge in [-0.05, 0) is 76.3 Å². The molecule has 0 heterocycles. The van der Waals surface area contributed by atoms with Crippen LogP contribution >= 0.6 is 0 Å². The molecule has 2 aliphatic carbocycles. The summed E-state index contributed by atoms with van der Waals surface area (Å²) in [4.78, 5) is 21.8. The number of carboxylic acids is 2. The van der Waals surface area contributed by atoms with Gasteiger partial charge in [0.2, 0.25) is 0 Å². The van der Waals surface area contributed by atoms with Gasteiger partial charge >= 0.3 is 11.9 Å². The van der Waals surface area contributed by atoms with Crippen LogP contribution < -0.4 is 5.32 Å². The second kappa shape index (κ2) is 7.78. The molecule has 5 nitrogen and oxygen atoms in total. The Morgan fingerprint density at radius 2 is 1.05 bits per heavy atom. The molecule has 2 fully saturated rings. The maximum atomic E-state index is 10.9. The zero-order valence-electron chi connectivity index (χ0n) is 12.6. The first-order valence-corrected chi connectivity index (χ1v) is 8.22. The highest BCUT2D eigenvalue weighted by Gasteiger charge is 2.27. The van der Waals surface area contributed by atoms with Gasteiger partial charge in [-0.25, -0.2) is 0 Å². The highest BCUT2D eigenvalue weighted by atomic mass is 16.4. The molecular formula is C16H27NO4. The van der Waals surface area contributed by atoms with E-state index in [0.29, 0.717) is 11.8 Å². The SMILES string of the molecule is O=C(O)C1CCC(CNCC2CCC(C(=O)O)CC2)CC1. The fourth-order valence-electron chi connectivity index (χ4n) is 3.72. The minimum absolute atomic E-state index is 0.132. The molecule has 0 aromatic carbocycles. The van der Waals surface area contributed by atoms with Crippen molar-refractivity contribution in [3.63, 3.8) is 0 Å². The van der Waals surface area contributed by atoms with Crippen molar-refractivity contribution in [2.75, 3.05) is 13.1 Å². The molecule has 3 N–H and O–H groups in total. The number of carbonyl (C=O) groups is 2. The highest BCUT2D eigenvalue weighted by Crippen LogP contribution is 2.30. The van der Waals surface area contributed by atoms with Crippen LogP contribution in [-0.4, -0.2) is 35.2 Å². The molecule has 2 rings (SSSR count). The van der Waals surface area contributed by atoms with Crippen molar-refractivity contribution in [1.82, 2.24) is 5.32 Å². The second-order valence-electron chi connectivity index (χ2n) is 6.77. The number of nitrogens with one attached hydrogen (secondary N) is 1. The van der Waals surface area contributed by atoms with Crippen LogP contribution in [0.1, 0.15) is 51.4 Å². The van der Waals surface area contributed by atoms with Gasteiger partial charge in [0.05, 0.1) is 11.8 Å². The van der Waals surface area contributed by atoms with E-state index in [2.05, 4.69) is 5.32 Å². The lowest BCUT2D eigenvalue weighted by atomic mass is 9.81. The van der Waals surface area contributed by atoms with Crippen molar-refractivity contribution >= 4 is 11.9 Å². The van der Waals surface area contributed by atoms with Crippen LogP contribution in [0.2, 0.25) is 0 Å². The van der Waals surface area contributed by atoms with Gasteiger partial charge in [-0.1, -0.05) is 0 Å². The van der Waals surface area contributed by atoms with Gasteiger partial charge in [0.25, 0.3) is 0 Å². The Hall–Kier alpha value is -1.10. The van der Waals surface area contributed by atoms with E-state index in [4.69, 9.17) is 10.2 Å². The van der Waals surface area contributed by atoms with Crippen LogP contribution in [-0.2, 0) is 9.59 Å². The van der Waals surface area contributed by atoms with Crippen LogP contribution in [0.25, 0.3) is 0 Å². The molecule has 21 heavy (non-hydrogen) atoms. The molecule has 0 radical (unpaired) electrons. The van der Waals surface area contributed by atoms with Crippen LogP contribution in [0.3, 0.4) is 0 Å². The molecule has 0 atom stereocenters. The highest BCUT2D eigenvalue weighted by molar-refractivity contribution is 5.70. The van der Waals surface area contributed by atoms with Crippen molar-refractivity contribution in [1.29, 1.82) is 0 Å². The third kappa shape index (κ3) is 4.99. The van der Waals surface area contributed by atoms with Crippen LogP contribution in [0, 0.1) is 23.7 Å². The number of carboxylic acid groups (broad SMARTS) is 2. The van der Waals surface area contributed by atoms with E-state index in [-0.39, 0.29) is 11.8 Å². The van der Waals surface area contributed by atoms with Gasteiger partial charge in [0.1, 0.15) is 0 Å². The fourth-order valence-corrected chi connectivity index (χ4v) is 3.72. The monoisotopic (exact) mass is 297 g/mol. The summed E-state index contributed by atoms with van der Waals surface area (Å²) in [6, 6.07) is 0. The maximum absolute atomic E-state index is 10.9. The first-order valence-electron chi connectivity index (χ1n) is 8.22. The summed E-state index contributed by atoms with van der Waals surface area (Å²) in [5, 5.41) is 21.5. The Kier molecular flexibility index (Phi) is 6.03. The Morgan fingerprint density at radius 3 is 1.33 bits per heavy atom. The predicted octanol–water partition coefficient (Wildman–Crippen LogP) is 2.36. The minimum atomic E-state index is -0.642. The lowest BCUT2D eigenvalue weighted by Crippen LogP contribution is -2.33. The molecule has 0 saturated heterocycles. The Bertz CT molecular complexity index is 321. The molecule has 2 saturated carbocycles. The molecule has 0 spiro atoms. The van der Waals surface area contributed by atoms with E-state index >= 15 is 0 Å². The average molecular weight is 297 g/mol. The fraction of sp³-hybridized carbons (Fsp3) is 0.875. The largest absolute Gasteiger partial charge is 0.481 e. The van der Waals surface area contributed by atoms with Gasteiger partial charge in [0, 0.05) is 0 Å². The number of aliphatic carboxylic acids is 2. The molecular weight excluding hydrogens is 270 g/mol. The van der Waals surface area contributed by atoms with E-state index in [0.717, 1.165) is 64.5 Å². The molecule has 2 aliphatic rings. The van der Waals surface area contributed by atoms with E-state index in [1.807, 2.05) is 0 Å². The Balaban J connectivity index is 1.57. The summed E-state index contributed by atoms with van der Waals surface area (Å²) in [7, 11) is 0. The quantitative estimate of drug-likeness (QED) is 0.700. The normalized spacial score (nSPS) is 33.5. The standard InChI is InChI=1S/C16H27NO4/c18-15(19)13-5-1-11(2-6-13)9-17-10-12-3-7-14(8-4-12)16(20)21/h11-14,17H,1-10H2,(H,18,19)(H,20,21). The molecule has 0 aromatic rings. The van der Waals surface area contributed by atoms with Gasteiger partial charge in [-0.3, -0.25) is 9.59 Å². The maximum Gasteiger partial charge on any atom is 0.306 e. The van der Waals surface area contributed by atoms with E-state index in [1.54, 1.807) is 0 Å². The first-order chi connectivity index (χ1) is 10.1. The first kappa shape index (κ1) is 16.3. The van der Waals surface area contributed by atoms with Crippen molar-refractivity contribution < 1.29 is 19.8 Å². The summed E-state index contributed by atoms with van der Waals surface area (Å²) in [5.41, 5.74) is 0. The van der Waals surface area contributed by atoms with Gasteiger partial charge < -0.3 is 15.5 Å². The average Bonchev–Trinajstić information content (AvgIpc) is 2.48. The molecule has 0 amide bonds. The molecule has 0 unspecified atom stereocenters. The van der Waals surface area contributed by atoms with Crippen LogP contribution in [0.4, 0.5) is 0 Å². The molecule has 0 aliphatic heterocycles. The Morgan fingerprint density at radius 1 is 0.714 bits per heavy atom. The minimum Gasteiger partial charge on any atom is -0.481 e. The summed E-state index contributed by atoms with van der Waals surface area (Å²) < 4.78 is 0. The third-order valence-electron chi connectivity index (χ3n) is 5.26. The van der Waals surface area contributed by atoms with Crippen molar-refractivity contribution in [3.8, 4) is 0 Å². The topological polar surface area (TPSA) is 86.6 Å². The number of hydrogen-bond donors (Lipinski definition) is 3. The zero-order chi connectivity index (χ0) is 15.2. The summed E-state index contributed by atoms with van der Waals surface area (Å²) in [6.45, 7) is 1.95. The van der Waals surface area contributed by atoms with E-state index in [1.165, 1.54) is 0 Å². The van der Waals surface area contributed by atoms with E-state index in [9.17, 15) is 9.59 Å². The van der Waals surface area contributed by atoms with Crippen molar-refractivity contribution in [2.24, 2.45) is 23.7 Å². The van der Waals surface area contributed by atoms with E-state index < -0.39 is 11.9 Å². The summed E-state index contributed by atoms with van der Waals surface area (Å²) >= 11 is 0. The van der Waals surface area contributed by atoms with Gasteiger partial charge in [-0.2, -0.15) is 0 Å². The van der Waals surface area contributed by atoms with Gasteiger partial charge in [0.15, 0.2) is 0 Å². The number of hydrogen-bond acceptors (Lipinski definition) is 3. The molecule has 5 heteroatoms. The van der Waals surface area contributed by atoms with Crippen LogP contribution in [0.15, 0.2) is 0 Å². The molecule has 120 valence electrons. The second-order valence-corrected chi connectivity index (χ2v) is 6.77. The van der Waals surface area contributed by atoms with Crippen LogP contribution in [0.5, 0.6) is 0 Å². The lowest BCUT2D eigenvalue weighted by Gasteiger charge is -2.29. The molecule has 0 bridgehead atoms. The van der Waals surface area contributed by atoms with Crippen molar-refractivity contribution in [3.05, 3.63) is 0 Å². The zero-order valence-corrected chi connectivity index (χ0v) is 12.6. The number of rotatable bonds is 6. The van der Waals surface area contributed by atoms with Crippen molar-refractivity contribution in [2.45, 2.75) is 51.4 Å². The summed E-state index contributed by atoms with van der Waals surface area (Å²) in [5.74, 6) is -0.333. The third-order valence-corrected chi connectivity index (χ3v) is 5.26. The smallest absolute Gasteiger partial charge is 0.306 e. The lowest BCUT2D eigenvalue weighted by molar-refractivity contribution is -0.144. The Labute approximate surface area is 126 Å². The van der Waals surface area contributed by atoms with Gasteiger partial charge in [-0.15, -0.1) is 0 Å².